The third-order valence-corrected chi connectivity index (χ3v) is 0.875. The molecule has 1 heterocycles. The van der Waals surface area contributed by atoms with Crippen LogP contribution in [0.2, 0.25) is 0 Å². The molecule has 0 N–H and O–H groups in total. The van der Waals surface area contributed by atoms with Gasteiger partial charge in [0.2, 0.25) is 0 Å². The molecule has 0 aliphatic carbocycles. The van der Waals surface area contributed by atoms with Gasteiger partial charge in [-0.2, -0.15) is 0 Å². The third-order valence-electron chi connectivity index (χ3n) is 0.875. The van der Waals surface area contributed by atoms with Gasteiger partial charge in [-0.05, 0) is 12.5 Å². The molecular formula is C4H7BO. The number of hydrogen-bond donors (Lipinski definition) is 0. The van der Waals surface area contributed by atoms with E-state index in [1.54, 1.807) is 6.26 Å². The van der Waals surface area contributed by atoms with Crippen LogP contribution in [-0.4, -0.2) is 13.8 Å². The lowest BCUT2D eigenvalue weighted by molar-refractivity contribution is 0.243. The summed E-state index contributed by atoms with van der Waals surface area (Å²) >= 11 is 0. The van der Waals surface area contributed by atoms with Gasteiger partial charge >= 0.3 is 0 Å². The smallest absolute Gasteiger partial charge is 0.155 e. The fourth-order valence-corrected chi connectivity index (χ4v) is 0.492. The molecule has 1 aliphatic rings. The minimum absolute atomic E-state index is 0.435. The lowest BCUT2D eigenvalue weighted by Gasteiger charge is -1.97. The van der Waals surface area contributed by atoms with Crippen LogP contribution in [0, 0.1) is 0 Å². The van der Waals surface area contributed by atoms with E-state index >= 15 is 0 Å². The molecular weight excluding hydrogens is 74.9 g/mol. The summed E-state index contributed by atoms with van der Waals surface area (Å²) in [7, 11) is 2.06. The Labute approximate surface area is 38.4 Å². The van der Waals surface area contributed by atoms with Crippen molar-refractivity contribution >= 4 is 7.85 Å². The Bertz CT molecular complexity index is 61.9. The number of rotatable bonds is 0. The summed E-state index contributed by atoms with van der Waals surface area (Å²) < 4.78 is 4.97. The molecule has 0 spiro atoms. The largest absolute Gasteiger partial charge is 0.507 e. The van der Waals surface area contributed by atoms with Crippen molar-refractivity contribution in [3.05, 3.63) is 12.3 Å². The predicted molar refractivity (Wildman–Crippen MR) is 27.2 cm³/mol. The van der Waals surface area contributed by atoms with E-state index in [1.807, 2.05) is 6.08 Å². The average Bonchev–Trinajstić information content (AvgIpc) is 1.86. The molecule has 2 heteroatoms. The molecule has 0 unspecified atom stereocenters. The molecule has 0 aromatic rings. The molecule has 0 amide bonds. The Hall–Kier alpha value is -0.395. The van der Waals surface area contributed by atoms with Crippen molar-refractivity contribution < 1.29 is 4.74 Å². The zero-order valence-corrected chi connectivity index (χ0v) is 3.85. The van der Waals surface area contributed by atoms with E-state index in [9.17, 15) is 0 Å². The Morgan fingerprint density at radius 3 is 2.83 bits per heavy atom. The van der Waals surface area contributed by atoms with E-state index in [-0.39, 0.29) is 0 Å². The molecule has 1 nitrogen and oxygen atoms in total. The van der Waals surface area contributed by atoms with Crippen molar-refractivity contribution in [2.24, 2.45) is 0 Å². The van der Waals surface area contributed by atoms with Crippen molar-refractivity contribution in [2.45, 2.75) is 12.4 Å². The normalized spacial score (nSPS) is 30.3. The summed E-state index contributed by atoms with van der Waals surface area (Å²) in [6, 6.07) is 0.435. The molecule has 6 heavy (non-hydrogen) atoms. The van der Waals surface area contributed by atoms with Gasteiger partial charge in [-0.1, -0.05) is 0 Å². The molecule has 0 radical (unpaired) electrons. The van der Waals surface area contributed by atoms with Crippen LogP contribution in [0.4, 0.5) is 0 Å². The molecule has 0 aromatic carbocycles. The summed E-state index contributed by atoms with van der Waals surface area (Å²) in [5.41, 5.74) is 0. The van der Waals surface area contributed by atoms with E-state index in [4.69, 9.17) is 4.74 Å². The van der Waals surface area contributed by atoms with Gasteiger partial charge in [-0.15, -0.1) is 0 Å². The van der Waals surface area contributed by atoms with Gasteiger partial charge in [-0.3, -0.25) is 0 Å². The fraction of sp³-hybridized carbons (Fsp3) is 0.500. The quantitative estimate of drug-likeness (QED) is 0.370. The fourth-order valence-electron chi connectivity index (χ4n) is 0.492. The van der Waals surface area contributed by atoms with Crippen LogP contribution in [-0.2, 0) is 4.74 Å². The third kappa shape index (κ3) is 0.561. The van der Waals surface area contributed by atoms with Gasteiger partial charge in [-0.25, -0.2) is 0 Å². The highest BCUT2D eigenvalue weighted by molar-refractivity contribution is 6.11. The first-order valence-electron chi connectivity index (χ1n) is 2.20. The number of ether oxygens (including phenoxy) is 1. The predicted octanol–water partition coefficient (Wildman–Crippen LogP) is -0.120. The molecule has 0 saturated carbocycles. The van der Waals surface area contributed by atoms with Crippen LogP contribution in [0.15, 0.2) is 12.3 Å². The van der Waals surface area contributed by atoms with Crippen LogP contribution >= 0.6 is 0 Å². The first-order chi connectivity index (χ1) is 2.89. The second-order valence-electron chi connectivity index (χ2n) is 1.55. The molecule has 0 saturated heterocycles. The van der Waals surface area contributed by atoms with Crippen LogP contribution in [0.5, 0.6) is 0 Å². The summed E-state index contributed by atoms with van der Waals surface area (Å²) in [5.74, 6) is 0. The molecule has 0 bridgehead atoms. The lowest BCUT2D eigenvalue weighted by Crippen LogP contribution is -2.01. The average molecular weight is 81.9 g/mol. The molecule has 32 valence electrons. The number of hydrogen-bond acceptors (Lipinski definition) is 1. The summed E-state index contributed by atoms with van der Waals surface area (Å²) in [6.07, 6.45) is 4.87. The van der Waals surface area contributed by atoms with Crippen molar-refractivity contribution in [2.75, 3.05) is 0 Å². The monoisotopic (exact) mass is 82.1 g/mol. The Kier molecular flexibility index (Phi) is 0.865. The molecule has 1 atom stereocenters. The van der Waals surface area contributed by atoms with Gasteiger partial charge < -0.3 is 4.74 Å². The zero-order chi connectivity index (χ0) is 4.41. The van der Waals surface area contributed by atoms with Crippen molar-refractivity contribution in [1.29, 1.82) is 0 Å². The highest BCUT2D eigenvalue weighted by atomic mass is 16.5. The Balaban J connectivity index is 2.32. The van der Waals surface area contributed by atoms with Crippen molar-refractivity contribution in [3.8, 4) is 0 Å². The standard InChI is InChI=1S/C4H7BO/c5-4-2-1-3-6-4/h1,3-4H,2,5H2/t4-/m0/s1. The maximum atomic E-state index is 4.97. The van der Waals surface area contributed by atoms with Crippen LogP contribution in [0.25, 0.3) is 0 Å². The minimum Gasteiger partial charge on any atom is -0.507 e. The van der Waals surface area contributed by atoms with Gasteiger partial charge in [0, 0.05) is 0 Å². The van der Waals surface area contributed by atoms with E-state index in [1.165, 1.54) is 0 Å². The topological polar surface area (TPSA) is 9.23 Å². The maximum Gasteiger partial charge on any atom is 0.155 e. The molecule has 1 rings (SSSR count). The lowest BCUT2D eigenvalue weighted by atomic mass is 9.98. The second kappa shape index (κ2) is 1.37. The Morgan fingerprint density at radius 2 is 2.67 bits per heavy atom. The molecule has 1 aliphatic heterocycles. The highest BCUT2D eigenvalue weighted by Gasteiger charge is 2.00. The van der Waals surface area contributed by atoms with Crippen molar-refractivity contribution in [3.63, 3.8) is 0 Å². The van der Waals surface area contributed by atoms with Crippen LogP contribution < -0.4 is 0 Å². The minimum atomic E-state index is 0.435. The zero-order valence-electron chi connectivity index (χ0n) is 3.85. The van der Waals surface area contributed by atoms with E-state index in [2.05, 4.69) is 7.85 Å². The van der Waals surface area contributed by atoms with Gasteiger partial charge in [0.1, 0.15) is 0 Å². The van der Waals surface area contributed by atoms with Crippen LogP contribution in [0.1, 0.15) is 6.42 Å². The van der Waals surface area contributed by atoms with Gasteiger partial charge in [0.25, 0.3) is 0 Å². The Morgan fingerprint density at radius 1 is 1.83 bits per heavy atom. The first kappa shape index (κ1) is 3.78. The van der Waals surface area contributed by atoms with E-state index < -0.39 is 0 Å². The van der Waals surface area contributed by atoms with Crippen LogP contribution in [0.3, 0.4) is 0 Å². The van der Waals surface area contributed by atoms with Crippen molar-refractivity contribution in [1.82, 2.24) is 0 Å². The maximum absolute atomic E-state index is 4.97. The molecule has 0 aromatic heterocycles. The SMILES string of the molecule is B[C@@H]1CC=CO1. The van der Waals surface area contributed by atoms with Gasteiger partial charge in [0.15, 0.2) is 7.85 Å². The first-order valence-corrected chi connectivity index (χ1v) is 2.20. The molecule has 0 fully saturated rings. The summed E-state index contributed by atoms with van der Waals surface area (Å²) in [5, 5.41) is 0. The van der Waals surface area contributed by atoms with Gasteiger partial charge in [0.05, 0.1) is 12.3 Å². The summed E-state index contributed by atoms with van der Waals surface area (Å²) in [6.45, 7) is 0. The van der Waals surface area contributed by atoms with E-state index in [0.717, 1.165) is 6.42 Å². The second-order valence-corrected chi connectivity index (χ2v) is 1.55. The highest BCUT2D eigenvalue weighted by Crippen LogP contribution is 2.02. The van der Waals surface area contributed by atoms with E-state index in [0.29, 0.717) is 6.00 Å². The summed E-state index contributed by atoms with van der Waals surface area (Å²) in [4.78, 5) is 0.